The van der Waals surface area contributed by atoms with E-state index >= 15 is 0 Å². The Morgan fingerprint density at radius 1 is 1.40 bits per heavy atom. The summed E-state index contributed by atoms with van der Waals surface area (Å²) in [4.78, 5) is 28.4. The van der Waals surface area contributed by atoms with E-state index in [0.717, 1.165) is 25.2 Å². The fourth-order valence-electron chi connectivity index (χ4n) is 1.91. The predicted octanol–water partition coefficient (Wildman–Crippen LogP) is -0.0843. The summed E-state index contributed by atoms with van der Waals surface area (Å²) in [6.45, 7) is 0.845. The zero-order chi connectivity index (χ0) is 10.8. The number of carbonyl (C=O) groups excluding carboxylic acids is 2. The molecular formula is C10H15N3O2. The summed E-state index contributed by atoms with van der Waals surface area (Å²) >= 11 is 0. The highest BCUT2D eigenvalue weighted by atomic mass is 16.2. The number of nitrogens with zero attached hydrogens (tertiary/aromatic N) is 2. The van der Waals surface area contributed by atoms with Gasteiger partial charge in [0.15, 0.2) is 0 Å². The van der Waals surface area contributed by atoms with E-state index in [1.165, 1.54) is 11.9 Å². The van der Waals surface area contributed by atoms with Crippen molar-refractivity contribution >= 4 is 17.6 Å². The first kappa shape index (κ1) is 10.1. The maximum atomic E-state index is 11.7. The monoisotopic (exact) mass is 209 g/mol. The molecule has 0 saturated carbocycles. The van der Waals surface area contributed by atoms with E-state index in [2.05, 4.69) is 10.3 Å². The van der Waals surface area contributed by atoms with Gasteiger partial charge in [0, 0.05) is 26.4 Å². The lowest BCUT2D eigenvalue weighted by molar-refractivity contribution is -0.147. The molecule has 2 aliphatic heterocycles. The Bertz CT molecular complexity index is 325. The number of likely N-dealkylation sites (N-methyl/N-ethyl adjacent to an activating group) is 1. The lowest BCUT2D eigenvalue weighted by Gasteiger charge is -2.28. The second kappa shape index (κ2) is 4.00. The Kier molecular flexibility index (Phi) is 2.70. The van der Waals surface area contributed by atoms with Crippen molar-refractivity contribution in [1.82, 2.24) is 10.2 Å². The predicted molar refractivity (Wildman–Crippen MR) is 55.5 cm³/mol. The minimum atomic E-state index is -0.260. The fraction of sp³-hybridized carbons (Fsp3) is 0.700. The zero-order valence-electron chi connectivity index (χ0n) is 8.82. The summed E-state index contributed by atoms with van der Waals surface area (Å²) in [6.07, 6.45) is 2.99. The molecule has 82 valence electrons. The number of likely N-dealkylation sites (tertiary alicyclic amines) is 1. The molecule has 0 aromatic rings. The van der Waals surface area contributed by atoms with Crippen molar-refractivity contribution in [2.45, 2.75) is 31.7 Å². The van der Waals surface area contributed by atoms with E-state index in [4.69, 9.17) is 0 Å². The summed E-state index contributed by atoms with van der Waals surface area (Å²) in [5.41, 5.74) is 0. The number of imide groups is 1. The highest BCUT2D eigenvalue weighted by Crippen LogP contribution is 2.13. The van der Waals surface area contributed by atoms with Gasteiger partial charge in [0.2, 0.25) is 5.91 Å². The van der Waals surface area contributed by atoms with E-state index < -0.39 is 0 Å². The lowest BCUT2D eigenvalue weighted by atomic mass is 10.0. The molecule has 2 heterocycles. The fourth-order valence-corrected chi connectivity index (χ4v) is 1.91. The van der Waals surface area contributed by atoms with Crippen LogP contribution in [0.4, 0.5) is 0 Å². The van der Waals surface area contributed by atoms with Crippen LogP contribution in [0.3, 0.4) is 0 Å². The minimum absolute atomic E-state index is 0.0913. The van der Waals surface area contributed by atoms with Crippen LogP contribution >= 0.6 is 0 Å². The normalized spacial score (nSPS) is 26.9. The van der Waals surface area contributed by atoms with Crippen molar-refractivity contribution in [2.24, 2.45) is 4.99 Å². The van der Waals surface area contributed by atoms with Gasteiger partial charge >= 0.3 is 0 Å². The van der Waals surface area contributed by atoms with E-state index in [1.807, 2.05) is 0 Å². The Hall–Kier alpha value is -1.39. The quantitative estimate of drug-likeness (QED) is 0.614. The van der Waals surface area contributed by atoms with Crippen LogP contribution < -0.4 is 5.32 Å². The first-order valence-electron chi connectivity index (χ1n) is 5.29. The molecule has 0 aliphatic carbocycles. The molecule has 1 unspecified atom stereocenters. The van der Waals surface area contributed by atoms with Crippen molar-refractivity contribution in [2.75, 3.05) is 13.6 Å². The van der Waals surface area contributed by atoms with Crippen molar-refractivity contribution in [1.29, 1.82) is 0 Å². The molecule has 0 aromatic heterocycles. The van der Waals surface area contributed by atoms with Gasteiger partial charge in [0.1, 0.15) is 6.04 Å². The second-order valence-electron chi connectivity index (χ2n) is 3.96. The molecule has 0 aromatic carbocycles. The minimum Gasteiger partial charge on any atom is -0.362 e. The summed E-state index contributed by atoms with van der Waals surface area (Å²) in [5.74, 6) is 0.684. The standard InChI is InChI=1S/C10H15N3O2/c1-13-9(14)5-4-7(10(13)15)12-8-3-2-6-11-8/h7H,2-6H2,1H3,(H,11,12). The molecule has 0 radical (unpaired) electrons. The van der Waals surface area contributed by atoms with Crippen LogP contribution in [0.25, 0.3) is 0 Å². The molecule has 1 atom stereocenters. The topological polar surface area (TPSA) is 61.8 Å². The van der Waals surface area contributed by atoms with Crippen LogP contribution in [0.2, 0.25) is 0 Å². The van der Waals surface area contributed by atoms with E-state index in [0.29, 0.717) is 12.8 Å². The Morgan fingerprint density at radius 2 is 2.20 bits per heavy atom. The molecule has 0 bridgehead atoms. The molecule has 1 saturated heterocycles. The number of rotatable bonds is 1. The Balaban J connectivity index is 1.98. The van der Waals surface area contributed by atoms with Gasteiger partial charge in [-0.2, -0.15) is 0 Å². The zero-order valence-corrected chi connectivity index (χ0v) is 8.82. The third kappa shape index (κ3) is 2.00. The van der Waals surface area contributed by atoms with Crippen molar-refractivity contribution in [3.8, 4) is 0 Å². The summed E-state index contributed by atoms with van der Waals surface area (Å²) < 4.78 is 0. The third-order valence-electron chi connectivity index (χ3n) is 2.86. The SMILES string of the molecule is CN1C(=O)CCC(NC2=NCCC2)C1=O. The smallest absolute Gasteiger partial charge is 0.251 e. The van der Waals surface area contributed by atoms with Crippen LogP contribution in [-0.2, 0) is 9.59 Å². The average molecular weight is 209 g/mol. The average Bonchev–Trinajstić information content (AvgIpc) is 2.72. The van der Waals surface area contributed by atoms with Crippen LogP contribution in [0.5, 0.6) is 0 Å². The van der Waals surface area contributed by atoms with Crippen LogP contribution in [0.15, 0.2) is 4.99 Å². The first-order chi connectivity index (χ1) is 7.18. The van der Waals surface area contributed by atoms with Gasteiger partial charge in [0.25, 0.3) is 5.91 Å². The number of nitrogens with one attached hydrogen (secondary N) is 1. The molecule has 1 N–H and O–H groups in total. The largest absolute Gasteiger partial charge is 0.362 e. The number of amidine groups is 1. The molecule has 2 rings (SSSR count). The van der Waals surface area contributed by atoms with Crippen LogP contribution in [0, 0.1) is 0 Å². The molecule has 5 heteroatoms. The number of aliphatic imine (C=N–C) groups is 1. The van der Waals surface area contributed by atoms with Gasteiger partial charge in [0.05, 0.1) is 5.84 Å². The van der Waals surface area contributed by atoms with E-state index in [-0.39, 0.29) is 17.9 Å². The molecule has 2 aliphatic rings. The number of piperidine rings is 1. The number of hydrogen-bond donors (Lipinski definition) is 1. The number of hydrogen-bond acceptors (Lipinski definition) is 4. The Morgan fingerprint density at radius 3 is 2.87 bits per heavy atom. The van der Waals surface area contributed by atoms with Gasteiger partial charge in [-0.05, 0) is 12.8 Å². The van der Waals surface area contributed by atoms with E-state index in [1.54, 1.807) is 0 Å². The number of amides is 2. The van der Waals surface area contributed by atoms with Crippen LogP contribution in [0.1, 0.15) is 25.7 Å². The molecule has 5 nitrogen and oxygen atoms in total. The highest BCUT2D eigenvalue weighted by molar-refractivity contribution is 6.01. The molecule has 2 amide bonds. The van der Waals surface area contributed by atoms with Gasteiger partial charge in [-0.3, -0.25) is 19.5 Å². The van der Waals surface area contributed by atoms with Crippen LogP contribution in [-0.4, -0.2) is 42.2 Å². The lowest BCUT2D eigenvalue weighted by Crippen LogP contribution is -2.52. The first-order valence-corrected chi connectivity index (χ1v) is 5.29. The second-order valence-corrected chi connectivity index (χ2v) is 3.96. The number of carbonyl (C=O) groups is 2. The van der Waals surface area contributed by atoms with Gasteiger partial charge in [-0.15, -0.1) is 0 Å². The summed E-state index contributed by atoms with van der Waals surface area (Å²) in [7, 11) is 1.54. The van der Waals surface area contributed by atoms with Crippen molar-refractivity contribution in [3.05, 3.63) is 0 Å². The van der Waals surface area contributed by atoms with Gasteiger partial charge in [-0.25, -0.2) is 0 Å². The Labute approximate surface area is 88.5 Å². The van der Waals surface area contributed by atoms with Crippen molar-refractivity contribution in [3.63, 3.8) is 0 Å². The maximum Gasteiger partial charge on any atom is 0.251 e. The summed E-state index contributed by atoms with van der Waals surface area (Å²) in [6, 6.07) is -0.260. The van der Waals surface area contributed by atoms with Crippen molar-refractivity contribution < 1.29 is 9.59 Å². The molecule has 1 fully saturated rings. The van der Waals surface area contributed by atoms with E-state index in [9.17, 15) is 9.59 Å². The van der Waals surface area contributed by atoms with Gasteiger partial charge < -0.3 is 5.32 Å². The molecule has 15 heavy (non-hydrogen) atoms. The maximum absolute atomic E-state index is 11.7. The van der Waals surface area contributed by atoms with Gasteiger partial charge in [-0.1, -0.05) is 0 Å². The highest BCUT2D eigenvalue weighted by Gasteiger charge is 2.32. The molecular weight excluding hydrogens is 194 g/mol. The summed E-state index contributed by atoms with van der Waals surface area (Å²) in [5, 5.41) is 3.13. The third-order valence-corrected chi connectivity index (χ3v) is 2.86. The molecule has 0 spiro atoms.